The summed E-state index contributed by atoms with van der Waals surface area (Å²) in [6.07, 6.45) is 0.447. The monoisotopic (exact) mass is 364 g/mol. The molecule has 1 unspecified atom stereocenters. The van der Waals surface area contributed by atoms with Gasteiger partial charge in [0, 0.05) is 17.3 Å². The van der Waals surface area contributed by atoms with Gasteiger partial charge in [-0.2, -0.15) is 0 Å². The van der Waals surface area contributed by atoms with Gasteiger partial charge in [-0.3, -0.25) is 9.59 Å². The third-order valence-electron chi connectivity index (χ3n) is 3.72. The average molecular weight is 364 g/mol. The molecule has 1 aliphatic rings. The maximum absolute atomic E-state index is 12.1. The highest BCUT2D eigenvalue weighted by molar-refractivity contribution is 7.91. The molecular formula is C16H16N2O4S2. The lowest BCUT2D eigenvalue weighted by atomic mass is 10.1. The highest BCUT2D eigenvalue weighted by Gasteiger charge is 2.29. The van der Waals surface area contributed by atoms with Crippen molar-refractivity contribution < 1.29 is 18.0 Å². The van der Waals surface area contributed by atoms with Crippen LogP contribution in [0.25, 0.3) is 0 Å². The SMILES string of the molecule is O=C(NC1CCS(=O)(=O)C1)c1ccc(NC(=O)c2cccs2)cc1. The minimum Gasteiger partial charge on any atom is -0.348 e. The van der Waals surface area contributed by atoms with Crippen LogP contribution in [0.15, 0.2) is 41.8 Å². The number of carbonyl (C=O) groups excluding carboxylic acids is 2. The number of hydrogen-bond acceptors (Lipinski definition) is 5. The Bertz CT molecular complexity index is 843. The van der Waals surface area contributed by atoms with Crippen molar-refractivity contribution in [3.8, 4) is 0 Å². The zero-order valence-electron chi connectivity index (χ0n) is 12.7. The largest absolute Gasteiger partial charge is 0.348 e. The topological polar surface area (TPSA) is 92.3 Å². The van der Waals surface area contributed by atoms with Gasteiger partial charge in [0.2, 0.25) is 0 Å². The van der Waals surface area contributed by atoms with Gasteiger partial charge in [-0.1, -0.05) is 6.07 Å². The summed E-state index contributed by atoms with van der Waals surface area (Å²) < 4.78 is 22.8. The fourth-order valence-electron chi connectivity index (χ4n) is 2.48. The van der Waals surface area contributed by atoms with Crippen molar-refractivity contribution in [1.29, 1.82) is 0 Å². The lowest BCUT2D eigenvalue weighted by Crippen LogP contribution is -2.35. The van der Waals surface area contributed by atoms with Crippen LogP contribution < -0.4 is 10.6 Å². The van der Waals surface area contributed by atoms with E-state index in [1.54, 1.807) is 36.4 Å². The van der Waals surface area contributed by atoms with Gasteiger partial charge in [-0.15, -0.1) is 11.3 Å². The fourth-order valence-corrected chi connectivity index (χ4v) is 4.78. The van der Waals surface area contributed by atoms with Crippen LogP contribution >= 0.6 is 11.3 Å². The smallest absolute Gasteiger partial charge is 0.265 e. The second-order valence-corrected chi connectivity index (χ2v) is 8.76. The highest BCUT2D eigenvalue weighted by atomic mass is 32.2. The molecule has 2 heterocycles. The molecule has 3 rings (SSSR count). The van der Waals surface area contributed by atoms with Gasteiger partial charge in [0.05, 0.1) is 16.4 Å². The average Bonchev–Trinajstić information content (AvgIpc) is 3.17. The number of carbonyl (C=O) groups is 2. The summed E-state index contributed by atoms with van der Waals surface area (Å²) in [5, 5.41) is 7.31. The van der Waals surface area contributed by atoms with E-state index in [1.165, 1.54) is 11.3 Å². The normalized spacial score (nSPS) is 18.9. The molecular weight excluding hydrogens is 348 g/mol. The Kier molecular flexibility index (Phi) is 4.68. The first-order chi connectivity index (χ1) is 11.4. The Hall–Kier alpha value is -2.19. The summed E-state index contributed by atoms with van der Waals surface area (Å²) in [5.41, 5.74) is 1.02. The zero-order valence-corrected chi connectivity index (χ0v) is 14.3. The number of amides is 2. The fraction of sp³-hybridized carbons (Fsp3) is 0.250. The molecule has 1 atom stereocenters. The van der Waals surface area contributed by atoms with Crippen LogP contribution in [0.4, 0.5) is 5.69 Å². The van der Waals surface area contributed by atoms with Crippen LogP contribution in [-0.2, 0) is 9.84 Å². The van der Waals surface area contributed by atoms with E-state index in [2.05, 4.69) is 10.6 Å². The summed E-state index contributed by atoms with van der Waals surface area (Å²) in [5.74, 6) is -0.397. The van der Waals surface area contributed by atoms with Gasteiger partial charge in [0.15, 0.2) is 9.84 Å². The molecule has 1 aromatic carbocycles. The predicted molar refractivity (Wildman–Crippen MR) is 93.2 cm³/mol. The summed E-state index contributed by atoms with van der Waals surface area (Å²) in [4.78, 5) is 24.7. The maximum atomic E-state index is 12.1. The Morgan fingerprint density at radius 1 is 1.08 bits per heavy atom. The lowest BCUT2D eigenvalue weighted by Gasteiger charge is -2.11. The van der Waals surface area contributed by atoms with Crippen LogP contribution in [0, 0.1) is 0 Å². The van der Waals surface area contributed by atoms with E-state index in [1.807, 2.05) is 5.38 Å². The van der Waals surface area contributed by atoms with Crippen LogP contribution in [0.5, 0.6) is 0 Å². The minimum atomic E-state index is -3.03. The molecule has 0 spiro atoms. The first-order valence-electron chi connectivity index (χ1n) is 7.39. The second kappa shape index (κ2) is 6.74. The van der Waals surface area contributed by atoms with Crippen LogP contribution in [0.1, 0.15) is 26.5 Å². The number of rotatable bonds is 4. The van der Waals surface area contributed by atoms with E-state index in [-0.39, 0.29) is 29.4 Å². The standard InChI is InChI=1S/C16H16N2O4S2/c19-15(18-13-7-9-24(21,22)10-13)11-3-5-12(6-4-11)17-16(20)14-2-1-8-23-14/h1-6,8,13H,7,9-10H2,(H,17,20)(H,18,19). The quantitative estimate of drug-likeness (QED) is 0.867. The zero-order chi connectivity index (χ0) is 17.2. The van der Waals surface area contributed by atoms with Gasteiger partial charge in [0.1, 0.15) is 0 Å². The Morgan fingerprint density at radius 2 is 1.83 bits per heavy atom. The van der Waals surface area contributed by atoms with Gasteiger partial charge >= 0.3 is 0 Å². The lowest BCUT2D eigenvalue weighted by molar-refractivity contribution is 0.0940. The van der Waals surface area contributed by atoms with E-state index < -0.39 is 9.84 Å². The molecule has 1 aromatic heterocycles. The van der Waals surface area contributed by atoms with E-state index in [4.69, 9.17) is 0 Å². The van der Waals surface area contributed by atoms with E-state index in [9.17, 15) is 18.0 Å². The Labute approximate surface area is 143 Å². The van der Waals surface area contributed by atoms with Crippen molar-refractivity contribution in [3.05, 3.63) is 52.2 Å². The van der Waals surface area contributed by atoms with Crippen molar-refractivity contribution >= 4 is 38.7 Å². The highest BCUT2D eigenvalue weighted by Crippen LogP contribution is 2.15. The first-order valence-corrected chi connectivity index (χ1v) is 10.1. The summed E-state index contributed by atoms with van der Waals surface area (Å²) in [7, 11) is -3.03. The van der Waals surface area contributed by atoms with Crippen LogP contribution in [-0.4, -0.2) is 37.8 Å². The molecule has 1 aliphatic heterocycles. The van der Waals surface area contributed by atoms with E-state index in [0.717, 1.165) is 0 Å². The molecule has 2 N–H and O–H groups in total. The van der Waals surface area contributed by atoms with Crippen molar-refractivity contribution in [2.75, 3.05) is 16.8 Å². The van der Waals surface area contributed by atoms with Gasteiger partial charge in [-0.05, 0) is 42.1 Å². The molecule has 8 heteroatoms. The van der Waals surface area contributed by atoms with E-state index in [0.29, 0.717) is 22.5 Å². The van der Waals surface area contributed by atoms with Crippen molar-refractivity contribution in [2.24, 2.45) is 0 Å². The molecule has 24 heavy (non-hydrogen) atoms. The maximum Gasteiger partial charge on any atom is 0.265 e. The number of anilines is 1. The summed E-state index contributed by atoms with van der Waals surface area (Å²) >= 11 is 1.35. The number of sulfone groups is 1. The molecule has 0 aliphatic carbocycles. The van der Waals surface area contributed by atoms with Crippen molar-refractivity contribution in [2.45, 2.75) is 12.5 Å². The molecule has 2 aromatic rings. The third-order valence-corrected chi connectivity index (χ3v) is 6.35. The molecule has 1 saturated heterocycles. The predicted octanol–water partition coefficient (Wildman–Crippen LogP) is 1.92. The molecule has 0 radical (unpaired) electrons. The molecule has 126 valence electrons. The molecule has 1 fully saturated rings. The number of nitrogens with one attached hydrogen (secondary N) is 2. The van der Waals surface area contributed by atoms with Crippen LogP contribution in [0.3, 0.4) is 0 Å². The second-order valence-electron chi connectivity index (χ2n) is 5.58. The van der Waals surface area contributed by atoms with Crippen molar-refractivity contribution in [3.63, 3.8) is 0 Å². The molecule has 0 saturated carbocycles. The summed E-state index contributed by atoms with van der Waals surface area (Å²) in [6.45, 7) is 0. The number of thiophene rings is 1. The third kappa shape index (κ3) is 4.01. The van der Waals surface area contributed by atoms with Gasteiger partial charge < -0.3 is 10.6 Å². The van der Waals surface area contributed by atoms with Crippen LogP contribution in [0.2, 0.25) is 0 Å². The number of hydrogen-bond donors (Lipinski definition) is 2. The molecule has 2 amide bonds. The molecule has 6 nitrogen and oxygen atoms in total. The molecule has 0 bridgehead atoms. The Balaban J connectivity index is 1.60. The van der Waals surface area contributed by atoms with Gasteiger partial charge in [-0.25, -0.2) is 8.42 Å². The Morgan fingerprint density at radius 3 is 2.42 bits per heavy atom. The summed E-state index contributed by atoms with van der Waals surface area (Å²) in [6, 6.07) is 9.69. The first kappa shape index (κ1) is 16.7. The number of benzene rings is 1. The van der Waals surface area contributed by atoms with Gasteiger partial charge in [0.25, 0.3) is 11.8 Å². The minimum absolute atomic E-state index is 0.00626. The van der Waals surface area contributed by atoms with Crippen molar-refractivity contribution in [1.82, 2.24) is 5.32 Å². The van der Waals surface area contributed by atoms with E-state index >= 15 is 0 Å².